The van der Waals surface area contributed by atoms with Crippen molar-refractivity contribution in [3.8, 4) is 17.0 Å². The van der Waals surface area contributed by atoms with E-state index in [1.54, 1.807) is 18.0 Å². The molecule has 0 N–H and O–H groups in total. The van der Waals surface area contributed by atoms with Crippen molar-refractivity contribution in [1.82, 2.24) is 9.78 Å². The molecular weight excluding hydrogens is 240 g/mol. The quantitative estimate of drug-likeness (QED) is 0.792. The molecule has 100 valence electrons. The van der Waals surface area contributed by atoms with Crippen LogP contribution in [-0.4, -0.2) is 23.2 Å². The number of benzene rings is 1. The lowest BCUT2D eigenvalue weighted by Gasteiger charge is -2.14. The summed E-state index contributed by atoms with van der Waals surface area (Å²) in [6.07, 6.45) is 2.42. The van der Waals surface area contributed by atoms with Gasteiger partial charge >= 0.3 is 0 Å². The number of hydrogen-bond donors (Lipinski definition) is 0. The van der Waals surface area contributed by atoms with Crippen LogP contribution in [0.2, 0.25) is 0 Å². The first kappa shape index (κ1) is 13.3. The van der Waals surface area contributed by atoms with Gasteiger partial charge in [0.05, 0.1) is 24.6 Å². The molecule has 0 spiro atoms. The highest BCUT2D eigenvalue weighted by molar-refractivity contribution is 5.85. The van der Waals surface area contributed by atoms with Gasteiger partial charge in [-0.15, -0.1) is 0 Å². The Bertz CT molecular complexity index is 600. The molecule has 1 aromatic heterocycles. The predicted octanol–water partition coefficient (Wildman–Crippen LogP) is 3.03. The fraction of sp³-hybridized carbons (Fsp3) is 0.333. The smallest absolute Gasteiger partial charge is 0.153 e. The van der Waals surface area contributed by atoms with Crippen LogP contribution in [-0.2, 0) is 7.05 Å². The lowest BCUT2D eigenvalue weighted by atomic mass is 9.97. The molecular formula is C15H18N2O2. The normalized spacial score (nSPS) is 10.8. The van der Waals surface area contributed by atoms with E-state index in [0.29, 0.717) is 11.5 Å². The van der Waals surface area contributed by atoms with Gasteiger partial charge in [0.15, 0.2) is 6.29 Å². The number of aromatic nitrogens is 2. The lowest BCUT2D eigenvalue weighted by molar-refractivity contribution is 0.112. The molecule has 0 aliphatic carbocycles. The highest BCUT2D eigenvalue weighted by Crippen LogP contribution is 2.32. The summed E-state index contributed by atoms with van der Waals surface area (Å²) in [7, 11) is 3.50. The first-order chi connectivity index (χ1) is 9.08. The number of methoxy groups -OCH3 is 1. The van der Waals surface area contributed by atoms with Crippen LogP contribution in [0, 0.1) is 0 Å². The molecule has 0 aliphatic heterocycles. The van der Waals surface area contributed by atoms with E-state index in [9.17, 15) is 4.79 Å². The first-order valence-corrected chi connectivity index (χ1v) is 6.24. The highest BCUT2D eigenvalue weighted by atomic mass is 16.5. The second-order valence-corrected chi connectivity index (χ2v) is 4.80. The van der Waals surface area contributed by atoms with E-state index in [-0.39, 0.29) is 0 Å². The van der Waals surface area contributed by atoms with Crippen molar-refractivity contribution in [1.29, 1.82) is 0 Å². The second-order valence-electron chi connectivity index (χ2n) is 4.80. The Hall–Kier alpha value is -2.10. The van der Waals surface area contributed by atoms with Crippen molar-refractivity contribution in [2.24, 2.45) is 7.05 Å². The Labute approximate surface area is 113 Å². The standard InChI is InChI=1S/C15H18N2O2/c1-10(2)13-7-11(5-6-14(13)19-4)15-12(9-18)8-16-17(15)3/h5-10H,1-4H3. The van der Waals surface area contributed by atoms with E-state index in [0.717, 1.165) is 28.9 Å². The van der Waals surface area contributed by atoms with Crippen LogP contribution in [0.4, 0.5) is 0 Å². The average Bonchev–Trinajstić information content (AvgIpc) is 2.79. The lowest BCUT2D eigenvalue weighted by Crippen LogP contribution is -1.99. The van der Waals surface area contributed by atoms with Gasteiger partial charge in [0.2, 0.25) is 0 Å². The molecule has 2 rings (SSSR count). The van der Waals surface area contributed by atoms with Crippen LogP contribution in [0.1, 0.15) is 35.7 Å². The number of aryl methyl sites for hydroxylation is 1. The van der Waals surface area contributed by atoms with E-state index in [1.807, 2.05) is 19.2 Å². The van der Waals surface area contributed by atoms with Crippen LogP contribution in [0.25, 0.3) is 11.3 Å². The summed E-state index contributed by atoms with van der Waals surface area (Å²) in [4.78, 5) is 11.1. The Kier molecular flexibility index (Phi) is 3.69. The molecule has 0 amide bonds. The molecule has 0 radical (unpaired) electrons. The van der Waals surface area contributed by atoms with Crippen LogP contribution in [0.3, 0.4) is 0 Å². The molecule has 2 aromatic rings. The van der Waals surface area contributed by atoms with Crippen molar-refractivity contribution in [3.05, 3.63) is 35.5 Å². The van der Waals surface area contributed by atoms with Gasteiger partial charge in [-0.25, -0.2) is 0 Å². The summed E-state index contributed by atoms with van der Waals surface area (Å²) in [5, 5.41) is 4.14. The van der Waals surface area contributed by atoms with Crippen LogP contribution in [0.15, 0.2) is 24.4 Å². The number of ether oxygens (including phenoxy) is 1. The second kappa shape index (κ2) is 5.26. The van der Waals surface area contributed by atoms with E-state index in [4.69, 9.17) is 4.74 Å². The average molecular weight is 258 g/mol. The van der Waals surface area contributed by atoms with E-state index >= 15 is 0 Å². The number of nitrogens with zero attached hydrogens (tertiary/aromatic N) is 2. The molecule has 0 saturated heterocycles. The highest BCUT2D eigenvalue weighted by Gasteiger charge is 2.14. The number of carbonyl (C=O) groups excluding carboxylic acids is 1. The van der Waals surface area contributed by atoms with Crippen molar-refractivity contribution in [2.75, 3.05) is 7.11 Å². The molecule has 0 bridgehead atoms. The van der Waals surface area contributed by atoms with Gasteiger partial charge in [0.25, 0.3) is 0 Å². The van der Waals surface area contributed by atoms with Crippen LogP contribution < -0.4 is 4.74 Å². The maximum atomic E-state index is 11.1. The summed E-state index contributed by atoms with van der Waals surface area (Å²) < 4.78 is 7.09. The number of rotatable bonds is 4. The Balaban J connectivity index is 2.60. The van der Waals surface area contributed by atoms with Gasteiger partial charge in [-0.2, -0.15) is 5.10 Å². The Morgan fingerprint density at radius 3 is 2.68 bits per heavy atom. The summed E-state index contributed by atoms with van der Waals surface area (Å²) in [6.45, 7) is 4.23. The number of carbonyl (C=O) groups is 1. The van der Waals surface area contributed by atoms with Gasteiger partial charge in [-0.3, -0.25) is 9.48 Å². The third-order valence-electron chi connectivity index (χ3n) is 3.22. The zero-order chi connectivity index (χ0) is 14.0. The van der Waals surface area contributed by atoms with E-state index < -0.39 is 0 Å². The Morgan fingerprint density at radius 1 is 1.37 bits per heavy atom. The van der Waals surface area contributed by atoms with E-state index in [2.05, 4.69) is 25.0 Å². The van der Waals surface area contributed by atoms with Crippen molar-refractivity contribution in [3.63, 3.8) is 0 Å². The maximum absolute atomic E-state index is 11.1. The van der Waals surface area contributed by atoms with Gasteiger partial charge in [-0.05, 0) is 29.7 Å². The molecule has 0 saturated carbocycles. The molecule has 0 fully saturated rings. The van der Waals surface area contributed by atoms with E-state index in [1.165, 1.54) is 0 Å². The molecule has 0 unspecified atom stereocenters. The SMILES string of the molecule is COc1ccc(-c2c(C=O)cnn2C)cc1C(C)C. The summed E-state index contributed by atoms with van der Waals surface area (Å²) in [5.41, 5.74) is 3.53. The molecule has 0 atom stereocenters. The third kappa shape index (κ3) is 2.38. The molecule has 1 heterocycles. The third-order valence-corrected chi connectivity index (χ3v) is 3.22. The topological polar surface area (TPSA) is 44.1 Å². The fourth-order valence-corrected chi connectivity index (χ4v) is 2.23. The molecule has 19 heavy (non-hydrogen) atoms. The van der Waals surface area contributed by atoms with Crippen LogP contribution in [0.5, 0.6) is 5.75 Å². The van der Waals surface area contributed by atoms with Gasteiger partial charge in [0.1, 0.15) is 5.75 Å². The van der Waals surface area contributed by atoms with Crippen LogP contribution >= 0.6 is 0 Å². The monoisotopic (exact) mass is 258 g/mol. The minimum atomic E-state index is 0.350. The molecule has 1 aromatic carbocycles. The molecule has 4 heteroatoms. The summed E-state index contributed by atoms with van der Waals surface area (Å²) >= 11 is 0. The minimum Gasteiger partial charge on any atom is -0.496 e. The van der Waals surface area contributed by atoms with Gasteiger partial charge in [0, 0.05) is 12.6 Å². The Morgan fingerprint density at radius 2 is 2.11 bits per heavy atom. The predicted molar refractivity (Wildman–Crippen MR) is 74.7 cm³/mol. The maximum Gasteiger partial charge on any atom is 0.153 e. The largest absolute Gasteiger partial charge is 0.496 e. The summed E-state index contributed by atoms with van der Waals surface area (Å²) in [5.74, 6) is 1.22. The molecule has 0 aliphatic rings. The van der Waals surface area contributed by atoms with Crippen molar-refractivity contribution >= 4 is 6.29 Å². The van der Waals surface area contributed by atoms with Gasteiger partial charge in [-0.1, -0.05) is 13.8 Å². The number of aldehydes is 1. The van der Waals surface area contributed by atoms with Crippen molar-refractivity contribution < 1.29 is 9.53 Å². The van der Waals surface area contributed by atoms with Crippen molar-refractivity contribution in [2.45, 2.75) is 19.8 Å². The molecule has 4 nitrogen and oxygen atoms in total. The summed E-state index contributed by atoms with van der Waals surface area (Å²) in [6, 6.07) is 5.95. The zero-order valence-electron chi connectivity index (χ0n) is 11.7. The number of hydrogen-bond acceptors (Lipinski definition) is 3. The van der Waals surface area contributed by atoms with Gasteiger partial charge < -0.3 is 4.74 Å². The zero-order valence-corrected chi connectivity index (χ0v) is 11.7. The minimum absolute atomic E-state index is 0.350. The first-order valence-electron chi connectivity index (χ1n) is 6.24. The fourth-order valence-electron chi connectivity index (χ4n) is 2.23.